The van der Waals surface area contributed by atoms with E-state index in [1.807, 2.05) is 0 Å². The van der Waals surface area contributed by atoms with Crippen molar-refractivity contribution >= 4 is 0 Å². The quantitative estimate of drug-likeness (QED) is 0.454. The smallest absolute Gasteiger partial charge is 0.0233 e. The standard InChI is InChI=1S/C25H44/c1-19-5-13-22(14-6-19)23-15-9-20(10-16-23)7-8-21-11-17-24(18-12-21)25(2,3)4/h7-8,19-24H,5-6,9-18H2,1-4H3. The van der Waals surface area contributed by atoms with Crippen molar-refractivity contribution in [2.45, 2.75) is 105 Å². The van der Waals surface area contributed by atoms with Gasteiger partial charge in [-0.25, -0.2) is 0 Å². The van der Waals surface area contributed by atoms with Gasteiger partial charge in [0, 0.05) is 0 Å². The third kappa shape index (κ3) is 5.61. The van der Waals surface area contributed by atoms with Crippen molar-refractivity contribution in [1.82, 2.24) is 0 Å². The van der Waals surface area contributed by atoms with Crippen LogP contribution in [-0.2, 0) is 0 Å². The molecule has 3 fully saturated rings. The molecule has 0 atom stereocenters. The second-order valence-electron chi connectivity index (χ2n) is 11.1. The van der Waals surface area contributed by atoms with E-state index in [0.717, 1.165) is 35.5 Å². The van der Waals surface area contributed by atoms with Gasteiger partial charge in [-0.15, -0.1) is 0 Å². The van der Waals surface area contributed by atoms with Gasteiger partial charge in [-0.2, -0.15) is 0 Å². The minimum Gasteiger partial charge on any atom is -0.0851 e. The molecule has 0 unspecified atom stereocenters. The van der Waals surface area contributed by atoms with E-state index in [9.17, 15) is 0 Å². The van der Waals surface area contributed by atoms with Crippen LogP contribution in [0.25, 0.3) is 0 Å². The van der Waals surface area contributed by atoms with Gasteiger partial charge in [0.2, 0.25) is 0 Å². The SMILES string of the molecule is CC1CCC(C2CCC(C=CC3CCC(C(C)(C)C)CC3)CC2)CC1. The molecule has 0 aromatic heterocycles. The fraction of sp³-hybridized carbons (Fsp3) is 0.920. The number of rotatable bonds is 3. The molecule has 0 aromatic rings. The second kappa shape index (κ2) is 8.62. The Morgan fingerprint density at radius 3 is 1.40 bits per heavy atom. The summed E-state index contributed by atoms with van der Waals surface area (Å²) in [5.41, 5.74) is 0.518. The zero-order valence-electron chi connectivity index (χ0n) is 17.6. The minimum atomic E-state index is 0.518. The van der Waals surface area contributed by atoms with Crippen molar-refractivity contribution in [3.05, 3.63) is 12.2 Å². The third-order valence-electron chi connectivity index (χ3n) is 8.20. The fourth-order valence-corrected chi connectivity index (χ4v) is 6.06. The zero-order chi connectivity index (χ0) is 17.9. The van der Waals surface area contributed by atoms with Crippen LogP contribution in [0.3, 0.4) is 0 Å². The van der Waals surface area contributed by atoms with E-state index in [4.69, 9.17) is 0 Å². The van der Waals surface area contributed by atoms with E-state index in [1.165, 1.54) is 77.0 Å². The zero-order valence-corrected chi connectivity index (χ0v) is 17.6. The third-order valence-corrected chi connectivity index (χ3v) is 8.20. The Morgan fingerprint density at radius 2 is 0.960 bits per heavy atom. The van der Waals surface area contributed by atoms with Gasteiger partial charge in [-0.3, -0.25) is 0 Å². The lowest BCUT2D eigenvalue weighted by atomic mass is 9.68. The van der Waals surface area contributed by atoms with Gasteiger partial charge in [0.25, 0.3) is 0 Å². The first-order valence-corrected chi connectivity index (χ1v) is 11.6. The Bertz CT molecular complexity index is 402. The maximum Gasteiger partial charge on any atom is -0.0233 e. The molecule has 0 N–H and O–H groups in total. The maximum atomic E-state index is 2.64. The number of hydrogen-bond donors (Lipinski definition) is 0. The molecule has 0 nitrogen and oxygen atoms in total. The van der Waals surface area contributed by atoms with Crippen molar-refractivity contribution < 1.29 is 0 Å². The molecule has 25 heavy (non-hydrogen) atoms. The predicted octanol–water partition coefficient (Wildman–Crippen LogP) is 8.03. The van der Waals surface area contributed by atoms with Crippen LogP contribution in [0, 0.1) is 40.9 Å². The molecular formula is C25H44. The largest absolute Gasteiger partial charge is 0.0851 e. The van der Waals surface area contributed by atoms with Gasteiger partial charge in [0.1, 0.15) is 0 Å². The monoisotopic (exact) mass is 344 g/mol. The summed E-state index contributed by atoms with van der Waals surface area (Å²) >= 11 is 0. The minimum absolute atomic E-state index is 0.518. The number of allylic oxidation sites excluding steroid dienone is 2. The summed E-state index contributed by atoms with van der Waals surface area (Å²) in [4.78, 5) is 0. The van der Waals surface area contributed by atoms with Crippen molar-refractivity contribution in [1.29, 1.82) is 0 Å². The van der Waals surface area contributed by atoms with Crippen molar-refractivity contribution in [2.24, 2.45) is 40.9 Å². The number of hydrogen-bond acceptors (Lipinski definition) is 0. The lowest BCUT2D eigenvalue weighted by Gasteiger charge is -2.37. The molecule has 0 bridgehead atoms. The van der Waals surface area contributed by atoms with Crippen molar-refractivity contribution in [2.75, 3.05) is 0 Å². The summed E-state index contributed by atoms with van der Waals surface area (Å²) < 4.78 is 0. The molecular weight excluding hydrogens is 300 g/mol. The first-order chi connectivity index (χ1) is 11.9. The molecule has 3 saturated carbocycles. The molecule has 144 valence electrons. The topological polar surface area (TPSA) is 0 Å². The summed E-state index contributed by atoms with van der Waals surface area (Å²) in [6.45, 7) is 9.74. The van der Waals surface area contributed by atoms with Crippen LogP contribution in [0.4, 0.5) is 0 Å². The molecule has 0 heterocycles. The van der Waals surface area contributed by atoms with Gasteiger partial charge < -0.3 is 0 Å². The van der Waals surface area contributed by atoms with E-state index in [-0.39, 0.29) is 0 Å². The summed E-state index contributed by atoms with van der Waals surface area (Å²) in [5.74, 6) is 5.89. The predicted molar refractivity (Wildman–Crippen MR) is 111 cm³/mol. The van der Waals surface area contributed by atoms with Gasteiger partial charge >= 0.3 is 0 Å². The van der Waals surface area contributed by atoms with Crippen LogP contribution in [0.15, 0.2) is 12.2 Å². The molecule has 0 aromatic carbocycles. The average molecular weight is 345 g/mol. The van der Waals surface area contributed by atoms with Gasteiger partial charge in [-0.05, 0) is 105 Å². The summed E-state index contributed by atoms with van der Waals surface area (Å²) in [6, 6.07) is 0. The Hall–Kier alpha value is -0.260. The van der Waals surface area contributed by atoms with E-state index in [2.05, 4.69) is 39.8 Å². The Kier molecular flexibility index (Phi) is 6.72. The molecule has 3 aliphatic rings. The van der Waals surface area contributed by atoms with E-state index in [0.29, 0.717) is 5.41 Å². The van der Waals surface area contributed by atoms with E-state index >= 15 is 0 Å². The molecule has 0 aliphatic heterocycles. The second-order valence-corrected chi connectivity index (χ2v) is 11.1. The van der Waals surface area contributed by atoms with E-state index in [1.54, 1.807) is 0 Å². The van der Waals surface area contributed by atoms with Crippen LogP contribution in [0.2, 0.25) is 0 Å². The highest BCUT2D eigenvalue weighted by Gasteiger charge is 2.30. The maximum absolute atomic E-state index is 2.64. The highest BCUT2D eigenvalue weighted by Crippen LogP contribution is 2.43. The average Bonchev–Trinajstić information content (AvgIpc) is 2.61. The molecule has 3 aliphatic carbocycles. The molecule has 0 heteroatoms. The normalized spacial score (nSPS) is 41.1. The molecule has 0 spiro atoms. The molecule has 3 rings (SSSR count). The Labute approximate surface area is 158 Å². The molecule has 0 amide bonds. The Morgan fingerprint density at radius 1 is 0.560 bits per heavy atom. The lowest BCUT2D eigenvalue weighted by Crippen LogP contribution is -2.26. The molecule has 0 saturated heterocycles. The van der Waals surface area contributed by atoms with Gasteiger partial charge in [-0.1, -0.05) is 52.7 Å². The lowest BCUT2D eigenvalue weighted by molar-refractivity contribution is 0.158. The van der Waals surface area contributed by atoms with Crippen molar-refractivity contribution in [3.8, 4) is 0 Å². The van der Waals surface area contributed by atoms with Crippen molar-refractivity contribution in [3.63, 3.8) is 0 Å². The highest BCUT2D eigenvalue weighted by atomic mass is 14.4. The van der Waals surface area contributed by atoms with Crippen LogP contribution < -0.4 is 0 Å². The first kappa shape index (κ1) is 19.5. The summed E-state index contributed by atoms with van der Waals surface area (Å²) in [5, 5.41) is 0. The first-order valence-electron chi connectivity index (χ1n) is 11.6. The van der Waals surface area contributed by atoms with Gasteiger partial charge in [0.15, 0.2) is 0 Å². The summed E-state index contributed by atoms with van der Waals surface area (Å²) in [6.07, 6.45) is 23.1. The summed E-state index contributed by atoms with van der Waals surface area (Å²) in [7, 11) is 0. The van der Waals surface area contributed by atoms with Crippen LogP contribution in [0.5, 0.6) is 0 Å². The molecule has 0 radical (unpaired) electrons. The Balaban J connectivity index is 1.37. The van der Waals surface area contributed by atoms with Gasteiger partial charge in [0.05, 0.1) is 0 Å². The fourth-order valence-electron chi connectivity index (χ4n) is 6.06. The van der Waals surface area contributed by atoms with Crippen LogP contribution in [0.1, 0.15) is 105 Å². The van der Waals surface area contributed by atoms with E-state index < -0.39 is 0 Å². The van der Waals surface area contributed by atoms with Crippen LogP contribution in [-0.4, -0.2) is 0 Å². The van der Waals surface area contributed by atoms with Crippen LogP contribution >= 0.6 is 0 Å². The highest BCUT2D eigenvalue weighted by molar-refractivity contribution is 4.97.